The molecule has 0 aliphatic rings. The van der Waals surface area contributed by atoms with E-state index in [9.17, 15) is 9.18 Å². The highest BCUT2D eigenvalue weighted by molar-refractivity contribution is 5.98. The van der Waals surface area contributed by atoms with E-state index in [1.54, 1.807) is 12.1 Å². The first kappa shape index (κ1) is 18.0. The van der Waals surface area contributed by atoms with Gasteiger partial charge in [-0.05, 0) is 54.3 Å². The summed E-state index contributed by atoms with van der Waals surface area (Å²) in [6, 6.07) is 22.3. The maximum absolute atomic E-state index is 13.9. The Bertz CT molecular complexity index is 1100. The number of aromatic amines is 1. The van der Waals surface area contributed by atoms with Crippen molar-refractivity contribution in [3.63, 3.8) is 0 Å². The van der Waals surface area contributed by atoms with Crippen molar-refractivity contribution in [2.75, 3.05) is 6.54 Å². The predicted molar refractivity (Wildman–Crippen MR) is 111 cm³/mol. The van der Waals surface area contributed by atoms with Gasteiger partial charge in [-0.3, -0.25) is 4.79 Å². The van der Waals surface area contributed by atoms with Crippen LogP contribution in [0.1, 0.15) is 22.3 Å². The van der Waals surface area contributed by atoms with Crippen molar-refractivity contribution in [3.05, 3.63) is 95.9 Å². The maximum atomic E-state index is 13.9. The Labute approximate surface area is 163 Å². The lowest BCUT2D eigenvalue weighted by Gasteiger charge is -2.07. The number of benzene rings is 3. The van der Waals surface area contributed by atoms with Gasteiger partial charge in [0.25, 0.3) is 5.91 Å². The largest absolute Gasteiger partial charge is 0.361 e. The molecule has 3 aromatic carbocycles. The van der Waals surface area contributed by atoms with Crippen LogP contribution < -0.4 is 5.32 Å². The Hall–Kier alpha value is -3.40. The van der Waals surface area contributed by atoms with E-state index in [0.29, 0.717) is 17.7 Å². The number of carbonyl (C=O) groups excluding carboxylic acids is 1. The summed E-state index contributed by atoms with van der Waals surface area (Å²) in [5.41, 5.74) is 4.34. The highest BCUT2D eigenvalue weighted by Gasteiger charge is 2.07. The minimum atomic E-state index is -0.212. The maximum Gasteiger partial charge on any atom is 0.251 e. The third-order valence-electron chi connectivity index (χ3n) is 4.88. The van der Waals surface area contributed by atoms with Gasteiger partial charge in [0.05, 0.1) is 0 Å². The molecule has 0 unspecified atom stereocenters. The predicted octanol–water partition coefficient (Wildman–Crippen LogP) is 5.34. The van der Waals surface area contributed by atoms with Crippen molar-refractivity contribution in [2.24, 2.45) is 0 Å². The number of aromatic nitrogens is 1. The van der Waals surface area contributed by atoms with Crippen molar-refractivity contribution in [3.8, 4) is 11.1 Å². The number of nitrogens with one attached hydrogen (secondary N) is 2. The van der Waals surface area contributed by atoms with Gasteiger partial charge in [0.2, 0.25) is 0 Å². The van der Waals surface area contributed by atoms with E-state index in [1.807, 2.05) is 60.8 Å². The second-order valence-corrected chi connectivity index (χ2v) is 6.82. The van der Waals surface area contributed by atoms with Crippen molar-refractivity contribution in [2.45, 2.75) is 12.8 Å². The number of rotatable bonds is 6. The Balaban J connectivity index is 1.29. The summed E-state index contributed by atoms with van der Waals surface area (Å²) in [6.07, 6.45) is 3.57. The Morgan fingerprint density at radius 2 is 1.79 bits per heavy atom. The first-order chi connectivity index (χ1) is 13.7. The van der Waals surface area contributed by atoms with Crippen LogP contribution >= 0.6 is 0 Å². The van der Waals surface area contributed by atoms with Crippen LogP contribution in [0, 0.1) is 5.82 Å². The lowest BCUT2D eigenvalue weighted by Crippen LogP contribution is -2.24. The van der Waals surface area contributed by atoms with Crippen molar-refractivity contribution >= 4 is 16.8 Å². The Morgan fingerprint density at radius 1 is 0.964 bits per heavy atom. The SMILES string of the molecule is O=C(NCCCc1ccc(-c2ccccc2F)cc1)c1ccc2[nH]ccc2c1. The van der Waals surface area contributed by atoms with Crippen molar-refractivity contribution < 1.29 is 9.18 Å². The summed E-state index contributed by atoms with van der Waals surface area (Å²) in [5, 5.41) is 4.00. The first-order valence-corrected chi connectivity index (χ1v) is 9.40. The molecule has 0 saturated carbocycles. The Morgan fingerprint density at radius 3 is 2.61 bits per heavy atom. The van der Waals surface area contributed by atoms with E-state index in [0.717, 1.165) is 29.3 Å². The molecule has 0 spiro atoms. The zero-order valence-corrected chi connectivity index (χ0v) is 15.4. The van der Waals surface area contributed by atoms with E-state index in [4.69, 9.17) is 0 Å². The molecule has 140 valence electrons. The highest BCUT2D eigenvalue weighted by Crippen LogP contribution is 2.23. The number of hydrogen-bond acceptors (Lipinski definition) is 1. The molecular formula is C24H21FN2O. The molecule has 0 radical (unpaired) electrons. The van der Waals surface area contributed by atoms with E-state index in [1.165, 1.54) is 11.6 Å². The van der Waals surface area contributed by atoms with E-state index in [2.05, 4.69) is 10.3 Å². The summed E-state index contributed by atoms with van der Waals surface area (Å²) in [7, 11) is 0. The van der Waals surface area contributed by atoms with Crippen LogP contribution in [0.15, 0.2) is 79.0 Å². The van der Waals surface area contributed by atoms with Crippen molar-refractivity contribution in [1.82, 2.24) is 10.3 Å². The zero-order chi connectivity index (χ0) is 19.3. The van der Waals surface area contributed by atoms with E-state index < -0.39 is 0 Å². The topological polar surface area (TPSA) is 44.9 Å². The lowest BCUT2D eigenvalue weighted by atomic mass is 10.0. The van der Waals surface area contributed by atoms with Gasteiger partial charge in [-0.25, -0.2) is 4.39 Å². The molecule has 4 heteroatoms. The van der Waals surface area contributed by atoms with Crippen LogP contribution in [0.4, 0.5) is 4.39 Å². The third-order valence-corrected chi connectivity index (χ3v) is 4.88. The molecule has 2 N–H and O–H groups in total. The number of carbonyl (C=O) groups is 1. The molecule has 0 aliphatic heterocycles. The molecule has 1 heterocycles. The highest BCUT2D eigenvalue weighted by atomic mass is 19.1. The van der Waals surface area contributed by atoms with Gasteiger partial charge in [0.15, 0.2) is 0 Å². The standard InChI is InChI=1S/C24H21FN2O/c25-22-6-2-1-5-21(22)18-9-7-17(8-10-18)4-3-14-27-24(28)20-11-12-23-19(16-20)13-15-26-23/h1-2,5-13,15-16,26H,3-4,14H2,(H,27,28). The fourth-order valence-electron chi connectivity index (χ4n) is 3.34. The van der Waals surface area contributed by atoms with Gasteiger partial charge in [0.1, 0.15) is 5.82 Å². The molecule has 0 aliphatic carbocycles. The van der Waals surface area contributed by atoms with Crippen LogP contribution in [-0.2, 0) is 6.42 Å². The molecule has 1 amide bonds. The molecule has 0 saturated heterocycles. The molecule has 28 heavy (non-hydrogen) atoms. The summed E-state index contributed by atoms with van der Waals surface area (Å²) < 4.78 is 13.9. The average Bonchev–Trinajstić information content (AvgIpc) is 3.20. The molecule has 4 rings (SSSR count). The number of aryl methyl sites for hydroxylation is 1. The van der Waals surface area contributed by atoms with Crippen LogP contribution in [0.2, 0.25) is 0 Å². The monoisotopic (exact) mass is 372 g/mol. The number of halogens is 1. The van der Waals surface area contributed by atoms with Gasteiger partial charge in [-0.1, -0.05) is 42.5 Å². The van der Waals surface area contributed by atoms with Gasteiger partial charge >= 0.3 is 0 Å². The second-order valence-electron chi connectivity index (χ2n) is 6.82. The van der Waals surface area contributed by atoms with Crippen LogP contribution in [0.3, 0.4) is 0 Å². The first-order valence-electron chi connectivity index (χ1n) is 9.40. The van der Waals surface area contributed by atoms with Gasteiger partial charge in [-0.2, -0.15) is 0 Å². The fourth-order valence-corrected chi connectivity index (χ4v) is 3.34. The smallest absolute Gasteiger partial charge is 0.251 e. The van der Waals surface area contributed by atoms with Gasteiger partial charge in [-0.15, -0.1) is 0 Å². The molecule has 0 fully saturated rings. The quantitative estimate of drug-likeness (QED) is 0.441. The van der Waals surface area contributed by atoms with Crippen LogP contribution in [-0.4, -0.2) is 17.4 Å². The van der Waals surface area contributed by atoms with E-state index in [-0.39, 0.29) is 11.7 Å². The van der Waals surface area contributed by atoms with Crippen LogP contribution in [0.25, 0.3) is 22.0 Å². The summed E-state index contributed by atoms with van der Waals surface area (Å²) in [5.74, 6) is -0.270. The molecule has 0 bridgehead atoms. The second kappa shape index (κ2) is 8.09. The average molecular weight is 372 g/mol. The minimum Gasteiger partial charge on any atom is -0.361 e. The number of hydrogen-bond donors (Lipinski definition) is 2. The molecule has 3 nitrogen and oxygen atoms in total. The zero-order valence-electron chi connectivity index (χ0n) is 15.4. The molecule has 0 atom stereocenters. The lowest BCUT2D eigenvalue weighted by molar-refractivity contribution is 0.0953. The summed E-state index contributed by atoms with van der Waals surface area (Å²) >= 11 is 0. The fraction of sp³-hybridized carbons (Fsp3) is 0.125. The Kier molecular flexibility index (Phi) is 5.20. The van der Waals surface area contributed by atoms with Gasteiger partial charge < -0.3 is 10.3 Å². The number of amides is 1. The minimum absolute atomic E-state index is 0.0574. The number of fused-ring (bicyclic) bond motifs is 1. The normalized spacial score (nSPS) is 10.9. The number of H-pyrrole nitrogens is 1. The van der Waals surface area contributed by atoms with Crippen molar-refractivity contribution in [1.29, 1.82) is 0 Å². The third kappa shape index (κ3) is 3.96. The summed E-state index contributed by atoms with van der Waals surface area (Å²) in [4.78, 5) is 15.4. The molecule has 1 aromatic heterocycles. The van der Waals surface area contributed by atoms with Crippen LogP contribution in [0.5, 0.6) is 0 Å². The molecule has 4 aromatic rings. The summed E-state index contributed by atoms with van der Waals surface area (Å²) in [6.45, 7) is 0.610. The van der Waals surface area contributed by atoms with E-state index >= 15 is 0 Å². The van der Waals surface area contributed by atoms with Gasteiger partial charge in [0, 0.05) is 34.8 Å². The molecular weight excluding hydrogens is 351 g/mol.